The summed E-state index contributed by atoms with van der Waals surface area (Å²) in [5, 5.41) is 4.16. The number of aromatic nitrogens is 2. The Morgan fingerprint density at radius 1 is 1.27 bits per heavy atom. The molecule has 0 bridgehead atoms. The third-order valence-electron chi connectivity index (χ3n) is 2.35. The lowest BCUT2D eigenvalue weighted by molar-refractivity contribution is 0.414. The largest absolute Gasteiger partial charge is 0.497 e. The van der Waals surface area contributed by atoms with Crippen molar-refractivity contribution in [1.29, 1.82) is 0 Å². The smallest absolute Gasteiger partial charge is 0.118 e. The molecule has 0 saturated heterocycles. The molecule has 1 aromatic heterocycles. The summed E-state index contributed by atoms with van der Waals surface area (Å²) in [5.74, 6) is 0.901. The number of ether oxygens (including phenoxy) is 1. The van der Waals surface area contributed by atoms with Crippen molar-refractivity contribution >= 4 is 0 Å². The van der Waals surface area contributed by atoms with Crippen LogP contribution in [-0.2, 0) is 13.0 Å². The van der Waals surface area contributed by atoms with Crippen LogP contribution in [0.25, 0.3) is 0 Å². The van der Waals surface area contributed by atoms with Crippen molar-refractivity contribution in [3.8, 4) is 5.75 Å². The van der Waals surface area contributed by atoms with Crippen molar-refractivity contribution in [2.45, 2.75) is 13.0 Å². The molecule has 2 aromatic rings. The number of methoxy groups -OCH3 is 1. The van der Waals surface area contributed by atoms with Crippen molar-refractivity contribution < 1.29 is 4.74 Å². The Labute approximate surface area is 89.3 Å². The van der Waals surface area contributed by atoms with Crippen molar-refractivity contribution in [3.05, 3.63) is 48.3 Å². The second-order valence-corrected chi connectivity index (χ2v) is 3.37. The van der Waals surface area contributed by atoms with Crippen LogP contribution in [0.3, 0.4) is 0 Å². The summed E-state index contributed by atoms with van der Waals surface area (Å²) < 4.78 is 7.04. The van der Waals surface area contributed by atoms with E-state index in [1.807, 2.05) is 29.1 Å². The zero-order valence-corrected chi connectivity index (χ0v) is 8.76. The monoisotopic (exact) mass is 202 g/mol. The molecular formula is C12H14N2O. The van der Waals surface area contributed by atoms with Gasteiger partial charge in [0.2, 0.25) is 0 Å². The molecule has 0 amide bonds. The van der Waals surface area contributed by atoms with Crippen molar-refractivity contribution in [3.63, 3.8) is 0 Å². The van der Waals surface area contributed by atoms with Gasteiger partial charge < -0.3 is 4.74 Å². The van der Waals surface area contributed by atoms with Gasteiger partial charge in [0.1, 0.15) is 5.75 Å². The standard InChI is InChI=1S/C12H14N2O/c1-15-12-5-3-11(4-6-12)7-10-14-9-2-8-13-14/h2-6,8-9H,7,10H2,1H3. The molecule has 0 fully saturated rings. The third-order valence-corrected chi connectivity index (χ3v) is 2.35. The molecule has 0 aliphatic rings. The van der Waals surface area contributed by atoms with Crippen LogP contribution in [-0.4, -0.2) is 16.9 Å². The lowest BCUT2D eigenvalue weighted by Gasteiger charge is -2.03. The average Bonchev–Trinajstić information content (AvgIpc) is 2.80. The number of nitrogens with zero attached hydrogens (tertiary/aromatic N) is 2. The van der Waals surface area contributed by atoms with Gasteiger partial charge in [-0.25, -0.2) is 0 Å². The van der Waals surface area contributed by atoms with Crippen LogP contribution < -0.4 is 4.74 Å². The zero-order chi connectivity index (χ0) is 10.5. The lowest BCUT2D eigenvalue weighted by atomic mass is 10.1. The van der Waals surface area contributed by atoms with Crippen LogP contribution in [0.4, 0.5) is 0 Å². The fraction of sp³-hybridized carbons (Fsp3) is 0.250. The highest BCUT2D eigenvalue weighted by molar-refractivity contribution is 5.27. The van der Waals surface area contributed by atoms with Crippen LogP contribution in [0.5, 0.6) is 5.75 Å². The molecule has 1 aromatic carbocycles. The van der Waals surface area contributed by atoms with E-state index in [9.17, 15) is 0 Å². The summed E-state index contributed by atoms with van der Waals surface area (Å²) in [5.41, 5.74) is 1.30. The van der Waals surface area contributed by atoms with E-state index in [0.29, 0.717) is 0 Å². The maximum absolute atomic E-state index is 5.10. The van der Waals surface area contributed by atoms with E-state index in [0.717, 1.165) is 18.7 Å². The second kappa shape index (κ2) is 4.64. The highest BCUT2D eigenvalue weighted by Gasteiger charge is 1.95. The summed E-state index contributed by atoms with van der Waals surface area (Å²) >= 11 is 0. The number of hydrogen-bond acceptors (Lipinski definition) is 2. The molecule has 0 spiro atoms. The topological polar surface area (TPSA) is 27.1 Å². The van der Waals surface area contributed by atoms with Crippen molar-refractivity contribution in [2.24, 2.45) is 0 Å². The molecule has 3 heteroatoms. The summed E-state index contributed by atoms with van der Waals surface area (Å²) in [4.78, 5) is 0. The Morgan fingerprint density at radius 3 is 2.67 bits per heavy atom. The first-order chi connectivity index (χ1) is 7.38. The van der Waals surface area contributed by atoms with Crippen LogP contribution in [0.2, 0.25) is 0 Å². The predicted molar refractivity (Wildman–Crippen MR) is 58.9 cm³/mol. The molecule has 0 N–H and O–H groups in total. The first-order valence-corrected chi connectivity index (χ1v) is 4.99. The number of rotatable bonds is 4. The molecule has 0 aliphatic heterocycles. The fourth-order valence-corrected chi connectivity index (χ4v) is 1.47. The first kappa shape index (κ1) is 9.77. The lowest BCUT2D eigenvalue weighted by Crippen LogP contribution is -2.01. The normalized spacial score (nSPS) is 10.2. The van der Waals surface area contributed by atoms with E-state index in [1.165, 1.54) is 5.56 Å². The van der Waals surface area contributed by atoms with Crippen LogP contribution >= 0.6 is 0 Å². The minimum Gasteiger partial charge on any atom is -0.497 e. The van der Waals surface area contributed by atoms with Gasteiger partial charge in [-0.3, -0.25) is 4.68 Å². The number of aryl methyl sites for hydroxylation is 2. The molecule has 2 rings (SSSR count). The molecule has 0 saturated carbocycles. The van der Waals surface area contributed by atoms with E-state index in [2.05, 4.69) is 17.2 Å². The van der Waals surface area contributed by atoms with Gasteiger partial charge in [0.15, 0.2) is 0 Å². The summed E-state index contributed by atoms with van der Waals surface area (Å²) in [6, 6.07) is 10.1. The van der Waals surface area contributed by atoms with Crippen LogP contribution in [0.1, 0.15) is 5.56 Å². The Bertz CT molecular complexity index is 392. The Kier molecular flexibility index (Phi) is 3.02. The molecule has 0 atom stereocenters. The van der Waals surface area contributed by atoms with Gasteiger partial charge in [-0.1, -0.05) is 12.1 Å². The van der Waals surface area contributed by atoms with E-state index >= 15 is 0 Å². The maximum atomic E-state index is 5.10. The highest BCUT2D eigenvalue weighted by Crippen LogP contribution is 2.11. The van der Waals surface area contributed by atoms with E-state index < -0.39 is 0 Å². The van der Waals surface area contributed by atoms with Gasteiger partial charge in [-0.05, 0) is 30.2 Å². The summed E-state index contributed by atoms with van der Waals surface area (Å²) in [6.45, 7) is 0.916. The molecule has 0 aliphatic carbocycles. The van der Waals surface area contributed by atoms with Gasteiger partial charge in [-0.2, -0.15) is 5.10 Å². The van der Waals surface area contributed by atoms with E-state index in [4.69, 9.17) is 4.74 Å². The Hall–Kier alpha value is -1.77. The minimum atomic E-state index is 0.901. The van der Waals surface area contributed by atoms with Gasteiger partial charge in [0.05, 0.1) is 7.11 Å². The molecule has 15 heavy (non-hydrogen) atoms. The SMILES string of the molecule is COc1ccc(CCn2cccn2)cc1. The van der Waals surface area contributed by atoms with Gasteiger partial charge >= 0.3 is 0 Å². The van der Waals surface area contributed by atoms with Crippen LogP contribution in [0, 0.1) is 0 Å². The summed E-state index contributed by atoms with van der Waals surface area (Å²) in [6.07, 6.45) is 4.77. The molecular weight excluding hydrogens is 188 g/mol. The highest BCUT2D eigenvalue weighted by atomic mass is 16.5. The maximum Gasteiger partial charge on any atom is 0.118 e. The quantitative estimate of drug-likeness (QED) is 0.759. The summed E-state index contributed by atoms with van der Waals surface area (Å²) in [7, 11) is 1.68. The predicted octanol–water partition coefficient (Wildman–Crippen LogP) is 2.13. The van der Waals surface area contributed by atoms with Crippen LogP contribution in [0.15, 0.2) is 42.7 Å². The molecule has 0 radical (unpaired) electrons. The second-order valence-electron chi connectivity index (χ2n) is 3.37. The zero-order valence-electron chi connectivity index (χ0n) is 8.76. The number of benzene rings is 1. The molecule has 1 heterocycles. The van der Waals surface area contributed by atoms with Gasteiger partial charge in [-0.15, -0.1) is 0 Å². The van der Waals surface area contributed by atoms with E-state index in [-0.39, 0.29) is 0 Å². The third kappa shape index (κ3) is 2.59. The molecule has 3 nitrogen and oxygen atoms in total. The van der Waals surface area contributed by atoms with E-state index in [1.54, 1.807) is 13.3 Å². The van der Waals surface area contributed by atoms with Gasteiger partial charge in [0.25, 0.3) is 0 Å². The Morgan fingerprint density at radius 2 is 2.07 bits per heavy atom. The average molecular weight is 202 g/mol. The minimum absolute atomic E-state index is 0.901. The molecule has 0 unspecified atom stereocenters. The first-order valence-electron chi connectivity index (χ1n) is 4.99. The fourth-order valence-electron chi connectivity index (χ4n) is 1.47. The van der Waals surface area contributed by atoms with Crippen molar-refractivity contribution in [2.75, 3.05) is 7.11 Å². The molecule has 78 valence electrons. The van der Waals surface area contributed by atoms with Gasteiger partial charge in [0, 0.05) is 18.9 Å². The Balaban J connectivity index is 1.93. The number of hydrogen-bond donors (Lipinski definition) is 0. The van der Waals surface area contributed by atoms with Crippen molar-refractivity contribution in [1.82, 2.24) is 9.78 Å².